The zero-order valence-electron chi connectivity index (χ0n) is 15.7. The average molecular weight is 357 g/mol. The molecule has 0 unspecified atom stereocenters. The van der Waals surface area contributed by atoms with Gasteiger partial charge in [0.15, 0.2) is 0 Å². The van der Waals surface area contributed by atoms with Crippen LogP contribution in [0.2, 0.25) is 0 Å². The standard InChI is InChI=1S/C22H23N5/c1-16-20(17(2)26-25-16)9-6-14-27-15-24-21(18-7-4-3-5-8-18)22(27)19-10-12-23-13-11-19/h3-5,7-8,10-13,15H,6,9,14H2,1-2H3,(H,25,26). The van der Waals surface area contributed by atoms with E-state index in [0.717, 1.165) is 53.3 Å². The molecule has 0 saturated carbocycles. The number of nitrogens with zero attached hydrogens (tertiary/aromatic N) is 4. The molecule has 0 amide bonds. The SMILES string of the molecule is Cc1n[nH]c(C)c1CCCn1cnc(-c2ccccc2)c1-c1ccncc1. The zero-order valence-corrected chi connectivity index (χ0v) is 15.7. The number of aromatic amines is 1. The molecule has 4 rings (SSSR count). The summed E-state index contributed by atoms with van der Waals surface area (Å²) in [6.07, 6.45) is 7.65. The monoisotopic (exact) mass is 357 g/mol. The van der Waals surface area contributed by atoms with Crippen LogP contribution in [-0.4, -0.2) is 24.7 Å². The fourth-order valence-electron chi connectivity index (χ4n) is 3.54. The van der Waals surface area contributed by atoms with Crippen LogP contribution in [0.1, 0.15) is 23.4 Å². The van der Waals surface area contributed by atoms with Gasteiger partial charge >= 0.3 is 0 Å². The maximum Gasteiger partial charge on any atom is 0.0963 e. The van der Waals surface area contributed by atoms with Gasteiger partial charge in [0.25, 0.3) is 0 Å². The van der Waals surface area contributed by atoms with Crippen LogP contribution in [-0.2, 0) is 13.0 Å². The number of aromatic nitrogens is 5. The van der Waals surface area contributed by atoms with Crippen LogP contribution in [0.5, 0.6) is 0 Å². The molecule has 4 aromatic rings. The number of hydrogen-bond acceptors (Lipinski definition) is 3. The maximum atomic E-state index is 4.74. The number of aryl methyl sites for hydroxylation is 3. The Morgan fingerprint density at radius 2 is 1.74 bits per heavy atom. The first kappa shape index (κ1) is 17.2. The van der Waals surface area contributed by atoms with Crippen LogP contribution in [0.3, 0.4) is 0 Å². The highest BCUT2D eigenvalue weighted by Crippen LogP contribution is 2.31. The third kappa shape index (κ3) is 3.53. The summed E-state index contributed by atoms with van der Waals surface area (Å²) in [5.74, 6) is 0. The van der Waals surface area contributed by atoms with E-state index in [4.69, 9.17) is 4.98 Å². The highest BCUT2D eigenvalue weighted by molar-refractivity contribution is 5.78. The molecule has 0 aliphatic carbocycles. The molecule has 0 aliphatic heterocycles. The molecule has 0 fully saturated rings. The molecule has 0 radical (unpaired) electrons. The van der Waals surface area contributed by atoms with E-state index in [2.05, 4.69) is 57.9 Å². The molecule has 1 aromatic carbocycles. The van der Waals surface area contributed by atoms with Crippen molar-refractivity contribution < 1.29 is 0 Å². The van der Waals surface area contributed by atoms with Crippen molar-refractivity contribution in [3.05, 3.63) is 78.1 Å². The van der Waals surface area contributed by atoms with Gasteiger partial charge in [-0.3, -0.25) is 10.1 Å². The number of hydrogen-bond donors (Lipinski definition) is 1. The van der Waals surface area contributed by atoms with Crippen LogP contribution in [0.4, 0.5) is 0 Å². The Hall–Kier alpha value is -3.21. The minimum absolute atomic E-state index is 0.904. The van der Waals surface area contributed by atoms with Gasteiger partial charge in [0.1, 0.15) is 0 Å². The second-order valence-electron chi connectivity index (χ2n) is 6.75. The highest BCUT2D eigenvalue weighted by Gasteiger charge is 2.15. The van der Waals surface area contributed by atoms with Crippen molar-refractivity contribution in [1.29, 1.82) is 0 Å². The molecule has 3 heterocycles. The average Bonchev–Trinajstić information content (AvgIpc) is 3.27. The topological polar surface area (TPSA) is 59.4 Å². The van der Waals surface area contributed by atoms with Gasteiger partial charge in [-0.25, -0.2) is 4.98 Å². The molecule has 136 valence electrons. The van der Waals surface area contributed by atoms with Gasteiger partial charge in [-0.15, -0.1) is 0 Å². The Labute approximate surface area is 159 Å². The number of imidazole rings is 1. The molecule has 27 heavy (non-hydrogen) atoms. The fourth-order valence-corrected chi connectivity index (χ4v) is 3.54. The Kier molecular flexibility index (Phi) is 4.83. The Balaban J connectivity index is 1.64. The van der Waals surface area contributed by atoms with E-state index in [9.17, 15) is 0 Å². The quantitative estimate of drug-likeness (QED) is 0.549. The van der Waals surface area contributed by atoms with Crippen molar-refractivity contribution in [3.63, 3.8) is 0 Å². The van der Waals surface area contributed by atoms with Gasteiger partial charge in [-0.1, -0.05) is 30.3 Å². The van der Waals surface area contributed by atoms with E-state index in [0.29, 0.717) is 0 Å². The predicted molar refractivity (Wildman–Crippen MR) is 107 cm³/mol. The smallest absolute Gasteiger partial charge is 0.0963 e. The van der Waals surface area contributed by atoms with Crippen molar-refractivity contribution in [1.82, 2.24) is 24.7 Å². The zero-order chi connectivity index (χ0) is 18.6. The number of rotatable bonds is 6. The molecule has 0 saturated heterocycles. The summed E-state index contributed by atoms with van der Waals surface area (Å²) in [5, 5.41) is 7.37. The normalized spacial score (nSPS) is 11.0. The largest absolute Gasteiger partial charge is 0.330 e. The van der Waals surface area contributed by atoms with E-state index in [1.54, 1.807) is 0 Å². The summed E-state index contributed by atoms with van der Waals surface area (Å²) >= 11 is 0. The van der Waals surface area contributed by atoms with Crippen LogP contribution in [0, 0.1) is 13.8 Å². The highest BCUT2D eigenvalue weighted by atomic mass is 15.1. The number of H-pyrrole nitrogens is 1. The van der Waals surface area contributed by atoms with E-state index in [1.807, 2.05) is 36.9 Å². The third-order valence-electron chi connectivity index (χ3n) is 4.95. The molecule has 0 bridgehead atoms. The van der Waals surface area contributed by atoms with Crippen molar-refractivity contribution >= 4 is 0 Å². The fraction of sp³-hybridized carbons (Fsp3) is 0.227. The van der Waals surface area contributed by atoms with Gasteiger partial charge < -0.3 is 4.57 Å². The molecular weight excluding hydrogens is 334 g/mol. The molecule has 5 heteroatoms. The second-order valence-corrected chi connectivity index (χ2v) is 6.75. The first-order valence-corrected chi connectivity index (χ1v) is 9.25. The molecular formula is C22H23N5. The van der Waals surface area contributed by atoms with Crippen molar-refractivity contribution in [2.75, 3.05) is 0 Å². The Bertz CT molecular complexity index is 996. The van der Waals surface area contributed by atoms with Crippen LogP contribution < -0.4 is 0 Å². The second kappa shape index (κ2) is 7.58. The Morgan fingerprint density at radius 3 is 2.44 bits per heavy atom. The molecule has 1 N–H and O–H groups in total. The molecule has 5 nitrogen and oxygen atoms in total. The summed E-state index contributed by atoms with van der Waals surface area (Å²) in [6, 6.07) is 14.4. The van der Waals surface area contributed by atoms with Crippen LogP contribution >= 0.6 is 0 Å². The van der Waals surface area contributed by atoms with Crippen LogP contribution in [0.15, 0.2) is 61.2 Å². The first-order valence-electron chi connectivity index (χ1n) is 9.25. The molecule has 0 aliphatic rings. The van der Waals surface area contributed by atoms with E-state index in [1.165, 1.54) is 5.56 Å². The van der Waals surface area contributed by atoms with Gasteiger partial charge in [-0.2, -0.15) is 5.10 Å². The number of pyridine rings is 1. The lowest BCUT2D eigenvalue weighted by Crippen LogP contribution is -2.02. The van der Waals surface area contributed by atoms with Crippen molar-refractivity contribution in [2.45, 2.75) is 33.2 Å². The summed E-state index contributed by atoms with van der Waals surface area (Å²) in [5.41, 5.74) is 8.00. The van der Waals surface area contributed by atoms with Gasteiger partial charge in [-0.05, 0) is 44.4 Å². The lowest BCUT2D eigenvalue weighted by atomic mass is 10.1. The first-order chi connectivity index (χ1) is 13.2. The van der Waals surface area contributed by atoms with Crippen molar-refractivity contribution in [3.8, 4) is 22.5 Å². The molecule has 0 spiro atoms. The lowest BCUT2D eigenvalue weighted by molar-refractivity contribution is 0.644. The summed E-state index contributed by atoms with van der Waals surface area (Å²) < 4.78 is 2.25. The summed E-state index contributed by atoms with van der Waals surface area (Å²) in [4.78, 5) is 8.90. The maximum absolute atomic E-state index is 4.74. The van der Waals surface area contributed by atoms with Gasteiger partial charge in [0, 0.05) is 35.8 Å². The third-order valence-corrected chi connectivity index (χ3v) is 4.95. The lowest BCUT2D eigenvalue weighted by Gasteiger charge is -2.11. The summed E-state index contributed by atoms with van der Waals surface area (Å²) in [7, 11) is 0. The van der Waals surface area contributed by atoms with Gasteiger partial charge in [0.2, 0.25) is 0 Å². The molecule has 0 atom stereocenters. The number of nitrogens with one attached hydrogen (secondary N) is 1. The summed E-state index contributed by atoms with van der Waals surface area (Å²) in [6.45, 7) is 5.05. The minimum atomic E-state index is 0.904. The van der Waals surface area contributed by atoms with E-state index in [-0.39, 0.29) is 0 Å². The molecule has 3 aromatic heterocycles. The minimum Gasteiger partial charge on any atom is -0.330 e. The predicted octanol–water partition coefficient (Wildman–Crippen LogP) is 4.58. The van der Waals surface area contributed by atoms with Crippen molar-refractivity contribution in [2.24, 2.45) is 0 Å². The van der Waals surface area contributed by atoms with E-state index >= 15 is 0 Å². The Morgan fingerprint density at radius 1 is 0.963 bits per heavy atom. The van der Waals surface area contributed by atoms with E-state index < -0.39 is 0 Å². The number of benzene rings is 1. The van der Waals surface area contributed by atoms with Gasteiger partial charge in [0.05, 0.1) is 23.4 Å². The van der Waals surface area contributed by atoms with Crippen LogP contribution in [0.25, 0.3) is 22.5 Å².